The van der Waals surface area contributed by atoms with Crippen LogP contribution in [0.4, 0.5) is 0 Å². The predicted octanol–water partition coefficient (Wildman–Crippen LogP) is 2.28. The Morgan fingerprint density at radius 3 is 2.88 bits per heavy atom. The normalized spacial score (nSPS) is 16.8. The van der Waals surface area contributed by atoms with Crippen molar-refractivity contribution >= 4 is 21.6 Å². The molecule has 1 heterocycles. The van der Waals surface area contributed by atoms with Gasteiger partial charge in [0.25, 0.3) is 0 Å². The number of sulfonamides is 1. The third-order valence-electron chi connectivity index (χ3n) is 4.22. The van der Waals surface area contributed by atoms with E-state index in [9.17, 15) is 8.42 Å². The summed E-state index contributed by atoms with van der Waals surface area (Å²) in [5, 5.41) is 11.6. The number of fused-ring (bicyclic) bond motifs is 1. The van der Waals surface area contributed by atoms with Gasteiger partial charge in [0.2, 0.25) is 10.0 Å². The van der Waals surface area contributed by atoms with Crippen molar-refractivity contribution in [2.24, 2.45) is 0 Å². The van der Waals surface area contributed by atoms with Gasteiger partial charge in [-0.1, -0.05) is 23.7 Å². The minimum atomic E-state index is -3.68. The molecule has 0 aliphatic heterocycles. The minimum Gasteiger partial charge on any atom is -0.207 e. The van der Waals surface area contributed by atoms with Crippen LogP contribution < -0.4 is 4.72 Å². The van der Waals surface area contributed by atoms with Crippen LogP contribution in [0.3, 0.4) is 0 Å². The van der Waals surface area contributed by atoms with Crippen LogP contribution in [0.25, 0.3) is 5.69 Å². The number of rotatable bonds is 4. The van der Waals surface area contributed by atoms with E-state index in [4.69, 9.17) is 11.6 Å². The highest BCUT2D eigenvalue weighted by molar-refractivity contribution is 7.89. The summed E-state index contributed by atoms with van der Waals surface area (Å²) < 4.78 is 29.8. The van der Waals surface area contributed by atoms with Crippen LogP contribution in [0, 0.1) is 0 Å². The number of hydrogen-bond donors (Lipinski definition) is 1. The molecule has 2 aromatic carbocycles. The lowest BCUT2D eigenvalue weighted by Crippen LogP contribution is -2.27. The molecule has 0 fully saturated rings. The van der Waals surface area contributed by atoms with E-state index in [0.717, 1.165) is 17.5 Å². The molecule has 4 rings (SSSR count). The molecule has 1 unspecified atom stereocenters. The number of nitrogens with zero attached hydrogens (tertiary/aromatic N) is 4. The fourth-order valence-electron chi connectivity index (χ4n) is 3.04. The molecule has 0 saturated carbocycles. The number of halogens is 1. The Morgan fingerprint density at radius 2 is 2.08 bits per heavy atom. The SMILES string of the molecule is O=S(=O)(NC1CCc2cc(Cl)ccc21)c1cccc(-n2cnnn2)c1. The summed E-state index contributed by atoms with van der Waals surface area (Å²) in [4.78, 5) is 0.169. The second kappa shape index (κ2) is 6.21. The predicted molar refractivity (Wildman–Crippen MR) is 92.0 cm³/mol. The summed E-state index contributed by atoms with van der Waals surface area (Å²) in [6.45, 7) is 0. The minimum absolute atomic E-state index is 0.169. The molecular formula is C16H14ClN5O2S. The van der Waals surface area contributed by atoms with E-state index in [2.05, 4.69) is 20.2 Å². The summed E-state index contributed by atoms with van der Waals surface area (Å²) in [5.74, 6) is 0. The zero-order chi connectivity index (χ0) is 17.4. The average Bonchev–Trinajstić information content (AvgIpc) is 3.25. The highest BCUT2D eigenvalue weighted by Crippen LogP contribution is 2.34. The van der Waals surface area contributed by atoms with Crippen LogP contribution in [-0.2, 0) is 16.4 Å². The van der Waals surface area contributed by atoms with E-state index in [-0.39, 0.29) is 10.9 Å². The molecule has 3 aromatic rings. The number of benzene rings is 2. The van der Waals surface area contributed by atoms with Gasteiger partial charge < -0.3 is 0 Å². The first-order valence-corrected chi connectivity index (χ1v) is 9.53. The number of nitrogens with one attached hydrogen (secondary N) is 1. The van der Waals surface area contributed by atoms with E-state index < -0.39 is 10.0 Å². The lowest BCUT2D eigenvalue weighted by atomic mass is 10.1. The highest BCUT2D eigenvalue weighted by Gasteiger charge is 2.27. The number of hydrogen-bond acceptors (Lipinski definition) is 5. The third kappa shape index (κ3) is 3.15. The maximum Gasteiger partial charge on any atom is 0.241 e. The van der Waals surface area contributed by atoms with Crippen molar-refractivity contribution in [3.8, 4) is 5.69 Å². The molecule has 0 saturated heterocycles. The van der Waals surface area contributed by atoms with Crippen LogP contribution >= 0.6 is 11.6 Å². The third-order valence-corrected chi connectivity index (χ3v) is 5.93. The van der Waals surface area contributed by atoms with Crippen molar-refractivity contribution in [1.29, 1.82) is 0 Å². The number of aromatic nitrogens is 4. The summed E-state index contributed by atoms with van der Waals surface area (Å²) in [6, 6.07) is 11.8. The standard InChI is InChI=1S/C16H14ClN5O2S/c17-12-5-6-15-11(8-12)4-7-16(15)19-25(23,24)14-3-1-2-13(9-14)22-10-18-20-21-22/h1-3,5-6,8-10,16,19H,4,7H2. The Labute approximate surface area is 149 Å². The van der Waals surface area contributed by atoms with Crippen LogP contribution in [0.15, 0.2) is 53.7 Å². The highest BCUT2D eigenvalue weighted by atomic mass is 35.5. The molecule has 1 aliphatic rings. The molecule has 0 bridgehead atoms. The van der Waals surface area contributed by atoms with Crippen LogP contribution in [-0.4, -0.2) is 28.6 Å². The maximum absolute atomic E-state index is 12.8. The molecule has 128 valence electrons. The molecule has 1 aromatic heterocycles. The monoisotopic (exact) mass is 375 g/mol. The second-order valence-electron chi connectivity index (χ2n) is 5.81. The molecule has 7 nitrogen and oxygen atoms in total. The maximum atomic E-state index is 12.8. The Balaban J connectivity index is 1.63. The summed E-state index contributed by atoms with van der Waals surface area (Å²) >= 11 is 6.01. The second-order valence-corrected chi connectivity index (χ2v) is 7.96. The fourth-order valence-corrected chi connectivity index (χ4v) is 4.52. The van der Waals surface area contributed by atoms with Gasteiger partial charge in [-0.05, 0) is 64.7 Å². The van der Waals surface area contributed by atoms with E-state index in [0.29, 0.717) is 17.1 Å². The van der Waals surface area contributed by atoms with Crippen molar-refractivity contribution in [3.05, 3.63) is 64.9 Å². The van der Waals surface area contributed by atoms with Gasteiger partial charge in [0.05, 0.1) is 10.6 Å². The van der Waals surface area contributed by atoms with Gasteiger partial charge in [-0.25, -0.2) is 17.8 Å². The Hall–Kier alpha value is -2.29. The average molecular weight is 376 g/mol. The van der Waals surface area contributed by atoms with E-state index in [1.54, 1.807) is 24.3 Å². The van der Waals surface area contributed by atoms with E-state index in [1.165, 1.54) is 17.1 Å². The molecule has 0 spiro atoms. The molecule has 0 radical (unpaired) electrons. The topological polar surface area (TPSA) is 89.8 Å². The number of tetrazole rings is 1. The zero-order valence-electron chi connectivity index (χ0n) is 13.0. The van der Waals surface area contributed by atoms with Crippen LogP contribution in [0.5, 0.6) is 0 Å². The van der Waals surface area contributed by atoms with E-state index >= 15 is 0 Å². The molecule has 25 heavy (non-hydrogen) atoms. The quantitative estimate of drug-likeness (QED) is 0.755. The smallest absolute Gasteiger partial charge is 0.207 e. The first-order valence-electron chi connectivity index (χ1n) is 7.67. The van der Waals surface area contributed by atoms with Gasteiger partial charge in [0.15, 0.2) is 0 Å². The molecule has 0 amide bonds. The van der Waals surface area contributed by atoms with Crippen molar-refractivity contribution < 1.29 is 8.42 Å². The lowest BCUT2D eigenvalue weighted by molar-refractivity contribution is 0.554. The van der Waals surface area contributed by atoms with Crippen molar-refractivity contribution in [2.45, 2.75) is 23.8 Å². The Kier molecular flexibility index (Phi) is 4.03. The van der Waals surface area contributed by atoms with Crippen molar-refractivity contribution in [3.63, 3.8) is 0 Å². The van der Waals surface area contributed by atoms with E-state index in [1.807, 2.05) is 12.1 Å². The molecule has 1 atom stereocenters. The van der Waals surface area contributed by atoms with Gasteiger partial charge in [0.1, 0.15) is 6.33 Å². The summed E-state index contributed by atoms with van der Waals surface area (Å²) in [5.41, 5.74) is 2.64. The molecule has 1 aliphatic carbocycles. The van der Waals surface area contributed by atoms with Crippen LogP contribution in [0.1, 0.15) is 23.6 Å². The van der Waals surface area contributed by atoms with Crippen molar-refractivity contribution in [1.82, 2.24) is 24.9 Å². The summed E-state index contributed by atoms with van der Waals surface area (Å²) in [7, 11) is -3.68. The van der Waals surface area contributed by atoms with Gasteiger partial charge in [-0.15, -0.1) is 5.10 Å². The lowest BCUT2D eigenvalue weighted by Gasteiger charge is -2.15. The largest absolute Gasteiger partial charge is 0.241 e. The van der Waals surface area contributed by atoms with Gasteiger partial charge in [-0.2, -0.15) is 0 Å². The first-order chi connectivity index (χ1) is 12.0. The molecule has 9 heteroatoms. The van der Waals surface area contributed by atoms with Crippen LogP contribution in [0.2, 0.25) is 5.02 Å². The fraction of sp³-hybridized carbons (Fsp3) is 0.188. The Morgan fingerprint density at radius 1 is 1.20 bits per heavy atom. The van der Waals surface area contributed by atoms with Gasteiger partial charge >= 0.3 is 0 Å². The number of aryl methyl sites for hydroxylation is 1. The Bertz CT molecular complexity index is 1020. The van der Waals surface area contributed by atoms with Gasteiger partial charge in [0, 0.05) is 11.1 Å². The summed E-state index contributed by atoms with van der Waals surface area (Å²) in [6.07, 6.45) is 2.92. The zero-order valence-corrected chi connectivity index (χ0v) is 14.6. The molecular weight excluding hydrogens is 362 g/mol. The van der Waals surface area contributed by atoms with Gasteiger partial charge in [-0.3, -0.25) is 0 Å². The first kappa shape index (κ1) is 16.2. The molecule has 1 N–H and O–H groups in total. The van der Waals surface area contributed by atoms with Crippen molar-refractivity contribution in [2.75, 3.05) is 0 Å².